The second kappa shape index (κ2) is 7.94. The highest BCUT2D eigenvalue weighted by Gasteiger charge is 2.44. The topological polar surface area (TPSA) is 97.4 Å². The van der Waals surface area contributed by atoms with Crippen LogP contribution in [0.25, 0.3) is 0 Å². The van der Waals surface area contributed by atoms with E-state index in [1.807, 2.05) is 0 Å². The van der Waals surface area contributed by atoms with E-state index in [1.54, 1.807) is 0 Å². The zero-order valence-corrected chi connectivity index (χ0v) is 12.5. The summed E-state index contributed by atoms with van der Waals surface area (Å²) in [5.74, 6) is -1.56. The van der Waals surface area contributed by atoms with Gasteiger partial charge in [0.05, 0.1) is 0 Å². The predicted octanol–water partition coefficient (Wildman–Crippen LogP) is 0.174. The van der Waals surface area contributed by atoms with Crippen molar-refractivity contribution in [3.05, 3.63) is 0 Å². The Balaban J connectivity index is 2.81. The van der Waals surface area contributed by atoms with Crippen molar-refractivity contribution in [1.29, 1.82) is 0 Å². The van der Waals surface area contributed by atoms with Gasteiger partial charge >= 0.3 is 17.9 Å². The van der Waals surface area contributed by atoms with Gasteiger partial charge in [-0.1, -0.05) is 0 Å². The Bertz CT molecular complexity index is 394. The Hall–Kier alpha value is -1.67. The van der Waals surface area contributed by atoms with Crippen molar-refractivity contribution < 1.29 is 38.1 Å². The van der Waals surface area contributed by atoms with Crippen molar-refractivity contribution in [3.8, 4) is 0 Å². The number of hydrogen-bond acceptors (Lipinski definition) is 8. The van der Waals surface area contributed by atoms with E-state index in [0.717, 1.165) is 0 Å². The summed E-state index contributed by atoms with van der Waals surface area (Å²) >= 11 is 0. The van der Waals surface area contributed by atoms with Gasteiger partial charge in [-0.15, -0.1) is 0 Å². The highest BCUT2D eigenvalue weighted by atomic mass is 16.7. The van der Waals surface area contributed by atoms with Crippen LogP contribution in [0.15, 0.2) is 0 Å². The first-order chi connectivity index (χ1) is 9.83. The number of carbonyl (C=O) groups excluding carboxylic acids is 3. The summed E-state index contributed by atoms with van der Waals surface area (Å²) in [5.41, 5.74) is 0. The molecule has 0 radical (unpaired) electrons. The number of carbonyl (C=O) groups is 3. The standard InChI is InChI=1S/C13H20O8/c1-7(14)18-6-11(20-9(3)16)13-10(19-8(2)15)5-12(17-4)21-13/h10-13H,5-6H2,1-4H3/t10-,11-,12-,13+/m1/s1. The van der Waals surface area contributed by atoms with Crippen LogP contribution in [0.3, 0.4) is 0 Å². The minimum atomic E-state index is -0.879. The van der Waals surface area contributed by atoms with Crippen molar-refractivity contribution in [2.75, 3.05) is 13.7 Å². The van der Waals surface area contributed by atoms with E-state index >= 15 is 0 Å². The van der Waals surface area contributed by atoms with Crippen LogP contribution in [-0.4, -0.2) is 56.2 Å². The van der Waals surface area contributed by atoms with Crippen molar-refractivity contribution in [3.63, 3.8) is 0 Å². The summed E-state index contributed by atoms with van der Waals surface area (Å²) in [6.07, 6.45) is -2.57. The third-order valence-electron chi connectivity index (χ3n) is 2.81. The van der Waals surface area contributed by atoms with E-state index in [2.05, 4.69) is 0 Å². The second-order valence-electron chi connectivity index (χ2n) is 4.60. The Morgan fingerprint density at radius 1 is 1.14 bits per heavy atom. The van der Waals surface area contributed by atoms with Crippen LogP contribution in [0.2, 0.25) is 0 Å². The van der Waals surface area contributed by atoms with Gasteiger partial charge in [-0.3, -0.25) is 14.4 Å². The van der Waals surface area contributed by atoms with Gasteiger partial charge < -0.3 is 23.7 Å². The molecule has 4 atom stereocenters. The largest absolute Gasteiger partial charge is 0.462 e. The molecule has 1 saturated heterocycles. The molecule has 0 unspecified atom stereocenters. The molecule has 0 aliphatic carbocycles. The first-order valence-corrected chi connectivity index (χ1v) is 6.49. The Kier molecular flexibility index (Phi) is 6.57. The molecule has 0 bridgehead atoms. The highest BCUT2D eigenvalue weighted by molar-refractivity contribution is 5.67. The van der Waals surface area contributed by atoms with Gasteiger partial charge in [-0.05, 0) is 0 Å². The fourth-order valence-corrected chi connectivity index (χ4v) is 2.06. The number of esters is 3. The van der Waals surface area contributed by atoms with E-state index in [0.29, 0.717) is 6.42 Å². The van der Waals surface area contributed by atoms with E-state index in [-0.39, 0.29) is 6.61 Å². The van der Waals surface area contributed by atoms with Crippen molar-refractivity contribution in [1.82, 2.24) is 0 Å². The van der Waals surface area contributed by atoms with E-state index < -0.39 is 42.5 Å². The third-order valence-corrected chi connectivity index (χ3v) is 2.81. The highest BCUT2D eigenvalue weighted by Crippen LogP contribution is 2.28. The molecule has 1 heterocycles. The lowest BCUT2D eigenvalue weighted by molar-refractivity contribution is -0.186. The minimum absolute atomic E-state index is 0.187. The number of ether oxygens (including phenoxy) is 5. The van der Waals surface area contributed by atoms with E-state index in [4.69, 9.17) is 23.7 Å². The van der Waals surface area contributed by atoms with Gasteiger partial charge in [-0.25, -0.2) is 0 Å². The smallest absolute Gasteiger partial charge is 0.303 e. The zero-order valence-electron chi connectivity index (χ0n) is 12.5. The first kappa shape index (κ1) is 17.4. The zero-order chi connectivity index (χ0) is 16.0. The molecule has 120 valence electrons. The van der Waals surface area contributed by atoms with Gasteiger partial charge in [0, 0.05) is 34.3 Å². The van der Waals surface area contributed by atoms with E-state index in [9.17, 15) is 14.4 Å². The molecule has 0 amide bonds. The van der Waals surface area contributed by atoms with Crippen LogP contribution in [0.5, 0.6) is 0 Å². The normalized spacial score (nSPS) is 26.0. The number of rotatable bonds is 6. The molecule has 1 fully saturated rings. The molecule has 1 rings (SSSR count). The average Bonchev–Trinajstić information content (AvgIpc) is 2.76. The Labute approximate surface area is 122 Å². The fourth-order valence-electron chi connectivity index (χ4n) is 2.06. The second-order valence-corrected chi connectivity index (χ2v) is 4.60. The lowest BCUT2D eigenvalue weighted by Gasteiger charge is -2.26. The summed E-state index contributed by atoms with van der Waals surface area (Å²) in [7, 11) is 1.45. The van der Waals surface area contributed by atoms with Gasteiger partial charge in [-0.2, -0.15) is 0 Å². The van der Waals surface area contributed by atoms with Crippen LogP contribution in [0.4, 0.5) is 0 Å². The molecule has 1 aliphatic rings. The summed E-state index contributed by atoms with van der Waals surface area (Å²) < 4.78 is 25.7. The number of methoxy groups -OCH3 is 1. The summed E-state index contributed by atoms with van der Waals surface area (Å²) in [6.45, 7) is 3.55. The summed E-state index contributed by atoms with van der Waals surface area (Å²) in [6, 6.07) is 0. The van der Waals surface area contributed by atoms with Crippen molar-refractivity contribution in [2.45, 2.75) is 51.8 Å². The Morgan fingerprint density at radius 2 is 1.81 bits per heavy atom. The maximum Gasteiger partial charge on any atom is 0.303 e. The van der Waals surface area contributed by atoms with Crippen LogP contribution >= 0.6 is 0 Å². The quantitative estimate of drug-likeness (QED) is 0.506. The lowest BCUT2D eigenvalue weighted by Crippen LogP contribution is -2.42. The maximum atomic E-state index is 11.2. The van der Waals surface area contributed by atoms with Gasteiger partial charge in [0.2, 0.25) is 0 Å². The van der Waals surface area contributed by atoms with Crippen molar-refractivity contribution in [2.24, 2.45) is 0 Å². The van der Waals surface area contributed by atoms with E-state index in [1.165, 1.54) is 27.9 Å². The SMILES string of the molecule is CO[C@H]1C[C@@H](OC(C)=O)[C@@H]([C@@H](COC(C)=O)OC(C)=O)O1. The summed E-state index contributed by atoms with van der Waals surface area (Å²) in [4.78, 5) is 33.2. The van der Waals surface area contributed by atoms with Crippen molar-refractivity contribution >= 4 is 17.9 Å². The summed E-state index contributed by atoms with van der Waals surface area (Å²) in [5, 5.41) is 0. The van der Waals surface area contributed by atoms with Crippen LogP contribution < -0.4 is 0 Å². The van der Waals surface area contributed by atoms with Crippen LogP contribution in [0, 0.1) is 0 Å². The lowest BCUT2D eigenvalue weighted by atomic mass is 10.1. The average molecular weight is 304 g/mol. The molecule has 0 spiro atoms. The van der Waals surface area contributed by atoms with Crippen LogP contribution in [0.1, 0.15) is 27.2 Å². The maximum absolute atomic E-state index is 11.2. The molecule has 0 aromatic carbocycles. The predicted molar refractivity (Wildman–Crippen MR) is 68.0 cm³/mol. The molecule has 0 saturated carbocycles. The molecule has 0 N–H and O–H groups in total. The molecule has 8 nitrogen and oxygen atoms in total. The van der Waals surface area contributed by atoms with Crippen LogP contribution in [-0.2, 0) is 38.1 Å². The minimum Gasteiger partial charge on any atom is -0.462 e. The van der Waals surface area contributed by atoms with Gasteiger partial charge in [0.15, 0.2) is 12.4 Å². The molecular weight excluding hydrogens is 284 g/mol. The Morgan fingerprint density at radius 3 is 2.29 bits per heavy atom. The van der Waals surface area contributed by atoms with Gasteiger partial charge in [0.25, 0.3) is 0 Å². The van der Waals surface area contributed by atoms with Gasteiger partial charge in [0.1, 0.15) is 18.8 Å². The molecular formula is C13H20O8. The molecule has 0 aromatic heterocycles. The molecule has 0 aromatic rings. The molecule has 21 heavy (non-hydrogen) atoms. The first-order valence-electron chi connectivity index (χ1n) is 6.49. The fraction of sp³-hybridized carbons (Fsp3) is 0.769. The molecule has 1 aliphatic heterocycles. The monoisotopic (exact) mass is 304 g/mol. The third kappa shape index (κ3) is 5.68. The molecule has 8 heteroatoms. The number of hydrogen-bond donors (Lipinski definition) is 0.